The molecule has 0 aromatic heterocycles. The molecule has 1 unspecified atom stereocenters. The standard InChI is InChI=1S/C17H27NO2/c1-13-6-5-9-15(17(13)20)12-18-16(10-11-19)14-7-3-2-4-8-14/h5-6,9,14,16,18-20H,2-4,7-8,10-12H2,1H3. The summed E-state index contributed by atoms with van der Waals surface area (Å²) in [5, 5.41) is 22.9. The third-order valence-corrected chi connectivity index (χ3v) is 4.53. The van der Waals surface area contributed by atoms with Crippen molar-refractivity contribution in [3.05, 3.63) is 29.3 Å². The molecule has 0 bridgehead atoms. The summed E-state index contributed by atoms with van der Waals surface area (Å²) in [5.74, 6) is 1.06. The first kappa shape index (κ1) is 15.3. The molecular formula is C17H27NO2. The number of benzene rings is 1. The van der Waals surface area contributed by atoms with E-state index < -0.39 is 0 Å². The molecule has 1 aromatic carbocycles. The Labute approximate surface area is 122 Å². The number of aliphatic hydroxyl groups is 1. The van der Waals surface area contributed by atoms with Crippen LogP contribution in [-0.2, 0) is 6.54 Å². The minimum atomic E-state index is 0.230. The van der Waals surface area contributed by atoms with Crippen LogP contribution in [0.4, 0.5) is 0 Å². The maximum atomic E-state index is 10.1. The van der Waals surface area contributed by atoms with Gasteiger partial charge in [-0.25, -0.2) is 0 Å². The first-order valence-electron chi connectivity index (χ1n) is 7.84. The van der Waals surface area contributed by atoms with Gasteiger partial charge in [0, 0.05) is 24.8 Å². The Kier molecular flexibility index (Phi) is 5.86. The molecule has 112 valence electrons. The van der Waals surface area contributed by atoms with Crippen molar-refractivity contribution in [2.75, 3.05) is 6.61 Å². The van der Waals surface area contributed by atoms with E-state index in [2.05, 4.69) is 5.32 Å². The Morgan fingerprint density at radius 2 is 2.00 bits per heavy atom. The number of nitrogens with one attached hydrogen (secondary N) is 1. The number of para-hydroxylation sites is 1. The molecule has 3 nitrogen and oxygen atoms in total. The van der Waals surface area contributed by atoms with E-state index in [0.717, 1.165) is 17.5 Å². The van der Waals surface area contributed by atoms with Gasteiger partial charge in [0.1, 0.15) is 5.75 Å². The molecule has 0 aliphatic heterocycles. The summed E-state index contributed by atoms with van der Waals surface area (Å²) in [4.78, 5) is 0. The number of hydrogen-bond acceptors (Lipinski definition) is 3. The van der Waals surface area contributed by atoms with Gasteiger partial charge in [-0.1, -0.05) is 37.5 Å². The molecule has 2 rings (SSSR count). The van der Waals surface area contributed by atoms with E-state index >= 15 is 0 Å². The lowest BCUT2D eigenvalue weighted by atomic mass is 9.82. The molecule has 1 aliphatic carbocycles. The fourth-order valence-corrected chi connectivity index (χ4v) is 3.28. The predicted molar refractivity (Wildman–Crippen MR) is 81.7 cm³/mol. The van der Waals surface area contributed by atoms with Gasteiger partial charge in [0.25, 0.3) is 0 Å². The smallest absolute Gasteiger partial charge is 0.122 e. The van der Waals surface area contributed by atoms with Crippen molar-refractivity contribution >= 4 is 0 Å². The Morgan fingerprint density at radius 3 is 2.70 bits per heavy atom. The number of hydrogen-bond donors (Lipinski definition) is 3. The number of rotatable bonds is 6. The fraction of sp³-hybridized carbons (Fsp3) is 0.647. The third kappa shape index (κ3) is 3.97. The van der Waals surface area contributed by atoms with Gasteiger partial charge in [-0.15, -0.1) is 0 Å². The Morgan fingerprint density at radius 1 is 1.25 bits per heavy atom. The van der Waals surface area contributed by atoms with Crippen molar-refractivity contribution < 1.29 is 10.2 Å². The highest BCUT2D eigenvalue weighted by molar-refractivity contribution is 5.39. The molecule has 0 radical (unpaired) electrons. The van der Waals surface area contributed by atoms with Crippen LogP contribution in [0.5, 0.6) is 5.75 Å². The van der Waals surface area contributed by atoms with E-state index in [1.807, 2.05) is 25.1 Å². The molecular weight excluding hydrogens is 250 g/mol. The van der Waals surface area contributed by atoms with Gasteiger partial charge in [-0.2, -0.15) is 0 Å². The lowest BCUT2D eigenvalue weighted by Gasteiger charge is -2.31. The molecule has 0 spiro atoms. The highest BCUT2D eigenvalue weighted by Crippen LogP contribution is 2.28. The average Bonchev–Trinajstić information content (AvgIpc) is 2.48. The van der Waals surface area contributed by atoms with Crippen LogP contribution in [-0.4, -0.2) is 22.9 Å². The predicted octanol–water partition coefficient (Wildman–Crippen LogP) is 3.12. The second-order valence-electron chi connectivity index (χ2n) is 5.98. The number of aromatic hydroxyl groups is 1. The maximum Gasteiger partial charge on any atom is 0.122 e. The molecule has 1 saturated carbocycles. The molecule has 1 aliphatic rings. The summed E-state index contributed by atoms with van der Waals surface area (Å²) in [7, 11) is 0. The largest absolute Gasteiger partial charge is 0.507 e. The molecule has 1 aromatic rings. The first-order chi connectivity index (χ1) is 9.72. The summed E-state index contributed by atoms with van der Waals surface area (Å²) in [6.07, 6.45) is 7.29. The third-order valence-electron chi connectivity index (χ3n) is 4.53. The average molecular weight is 277 g/mol. The van der Waals surface area contributed by atoms with Crippen LogP contribution >= 0.6 is 0 Å². The fourth-order valence-electron chi connectivity index (χ4n) is 3.28. The van der Waals surface area contributed by atoms with Crippen LogP contribution in [0.25, 0.3) is 0 Å². The van der Waals surface area contributed by atoms with Gasteiger partial charge >= 0.3 is 0 Å². The Balaban J connectivity index is 1.95. The van der Waals surface area contributed by atoms with Crippen LogP contribution in [0.3, 0.4) is 0 Å². The van der Waals surface area contributed by atoms with E-state index in [1.54, 1.807) is 0 Å². The monoisotopic (exact) mass is 277 g/mol. The molecule has 0 saturated heterocycles. The van der Waals surface area contributed by atoms with E-state index in [-0.39, 0.29) is 6.61 Å². The molecule has 3 heteroatoms. The van der Waals surface area contributed by atoms with Gasteiger partial charge < -0.3 is 15.5 Å². The number of phenols is 1. The van der Waals surface area contributed by atoms with Crippen molar-refractivity contribution in [1.29, 1.82) is 0 Å². The first-order valence-corrected chi connectivity index (χ1v) is 7.84. The molecule has 1 atom stereocenters. The molecule has 1 fully saturated rings. The van der Waals surface area contributed by atoms with Crippen LogP contribution in [0.2, 0.25) is 0 Å². The van der Waals surface area contributed by atoms with Crippen LogP contribution in [0.15, 0.2) is 18.2 Å². The van der Waals surface area contributed by atoms with Crippen LogP contribution < -0.4 is 5.32 Å². The van der Waals surface area contributed by atoms with E-state index in [0.29, 0.717) is 24.3 Å². The van der Waals surface area contributed by atoms with E-state index in [1.165, 1.54) is 32.1 Å². The van der Waals surface area contributed by atoms with Gasteiger partial charge in [0.2, 0.25) is 0 Å². The zero-order chi connectivity index (χ0) is 14.4. The zero-order valence-electron chi connectivity index (χ0n) is 12.4. The summed E-state index contributed by atoms with van der Waals surface area (Å²) in [6.45, 7) is 2.83. The summed E-state index contributed by atoms with van der Waals surface area (Å²) < 4.78 is 0. The number of phenolic OH excluding ortho intramolecular Hbond substituents is 1. The Bertz CT molecular complexity index is 413. The quantitative estimate of drug-likeness (QED) is 0.749. The second-order valence-corrected chi connectivity index (χ2v) is 5.98. The zero-order valence-corrected chi connectivity index (χ0v) is 12.4. The minimum absolute atomic E-state index is 0.230. The summed E-state index contributed by atoms with van der Waals surface area (Å²) in [5.41, 5.74) is 1.87. The highest BCUT2D eigenvalue weighted by atomic mass is 16.3. The van der Waals surface area contributed by atoms with Crippen molar-refractivity contribution in [1.82, 2.24) is 5.32 Å². The second kappa shape index (κ2) is 7.65. The van der Waals surface area contributed by atoms with E-state index in [9.17, 15) is 10.2 Å². The SMILES string of the molecule is Cc1cccc(CNC(CCO)C2CCCCC2)c1O. The lowest BCUT2D eigenvalue weighted by molar-refractivity contribution is 0.205. The van der Waals surface area contributed by atoms with Gasteiger partial charge in [0.15, 0.2) is 0 Å². The topological polar surface area (TPSA) is 52.5 Å². The molecule has 20 heavy (non-hydrogen) atoms. The van der Waals surface area contributed by atoms with Crippen molar-refractivity contribution in [2.24, 2.45) is 5.92 Å². The molecule has 0 amide bonds. The van der Waals surface area contributed by atoms with Gasteiger partial charge in [-0.3, -0.25) is 0 Å². The molecule has 0 heterocycles. The summed E-state index contributed by atoms with van der Waals surface area (Å²) in [6, 6.07) is 6.23. The number of aryl methyl sites for hydroxylation is 1. The Hall–Kier alpha value is -1.06. The van der Waals surface area contributed by atoms with Crippen molar-refractivity contribution in [3.63, 3.8) is 0 Å². The lowest BCUT2D eigenvalue weighted by Crippen LogP contribution is -2.37. The minimum Gasteiger partial charge on any atom is -0.507 e. The number of aliphatic hydroxyl groups excluding tert-OH is 1. The van der Waals surface area contributed by atoms with E-state index in [4.69, 9.17) is 0 Å². The van der Waals surface area contributed by atoms with Crippen LogP contribution in [0.1, 0.15) is 49.7 Å². The van der Waals surface area contributed by atoms with Crippen molar-refractivity contribution in [2.45, 2.75) is 58.0 Å². The summed E-state index contributed by atoms with van der Waals surface area (Å²) >= 11 is 0. The van der Waals surface area contributed by atoms with Crippen LogP contribution in [0, 0.1) is 12.8 Å². The maximum absolute atomic E-state index is 10.1. The molecule has 3 N–H and O–H groups in total. The van der Waals surface area contributed by atoms with Gasteiger partial charge in [-0.05, 0) is 37.7 Å². The normalized spacial score (nSPS) is 18.1. The highest BCUT2D eigenvalue weighted by Gasteiger charge is 2.23. The van der Waals surface area contributed by atoms with Crippen molar-refractivity contribution in [3.8, 4) is 5.75 Å². The van der Waals surface area contributed by atoms with Gasteiger partial charge in [0.05, 0.1) is 0 Å².